The standard InChI is InChI=1S/C17H16N2O4S/c1-21-11-5-3-6-12(9-11)23-10-15(20)18-17-19-16-13(22-2)7-4-8-14(16)24-17/h3-9H,10H2,1-2H3,(H,18,19,20). The predicted octanol–water partition coefficient (Wildman–Crippen LogP) is 3.33. The number of hydrogen-bond acceptors (Lipinski definition) is 6. The number of amides is 1. The van der Waals surface area contributed by atoms with Gasteiger partial charge in [0.15, 0.2) is 11.7 Å². The topological polar surface area (TPSA) is 69.7 Å². The van der Waals surface area contributed by atoms with Gasteiger partial charge in [0.25, 0.3) is 5.91 Å². The van der Waals surface area contributed by atoms with Gasteiger partial charge in [-0.05, 0) is 24.3 Å². The molecule has 0 saturated carbocycles. The Bertz CT molecular complexity index is 863. The minimum Gasteiger partial charge on any atom is -0.497 e. The van der Waals surface area contributed by atoms with E-state index in [1.54, 1.807) is 38.5 Å². The number of methoxy groups -OCH3 is 2. The Morgan fingerprint density at radius 3 is 2.71 bits per heavy atom. The Kier molecular flexibility index (Phi) is 4.81. The van der Waals surface area contributed by atoms with Crippen LogP contribution in [0.4, 0.5) is 5.13 Å². The molecule has 0 bridgehead atoms. The molecular weight excluding hydrogens is 328 g/mol. The summed E-state index contributed by atoms with van der Waals surface area (Å²) in [7, 11) is 3.17. The summed E-state index contributed by atoms with van der Waals surface area (Å²) in [5, 5.41) is 3.25. The predicted molar refractivity (Wildman–Crippen MR) is 93.3 cm³/mol. The molecule has 3 rings (SSSR count). The molecule has 0 aliphatic heterocycles. The summed E-state index contributed by atoms with van der Waals surface area (Å²) < 4.78 is 16.8. The van der Waals surface area contributed by atoms with Crippen molar-refractivity contribution in [3.05, 3.63) is 42.5 Å². The molecular formula is C17H16N2O4S. The van der Waals surface area contributed by atoms with Crippen LogP contribution in [0.3, 0.4) is 0 Å². The first-order valence-electron chi connectivity index (χ1n) is 7.20. The number of nitrogens with zero attached hydrogens (tertiary/aromatic N) is 1. The highest BCUT2D eigenvalue weighted by atomic mass is 32.1. The molecule has 0 aliphatic rings. The van der Waals surface area contributed by atoms with Crippen LogP contribution < -0.4 is 19.5 Å². The summed E-state index contributed by atoms with van der Waals surface area (Å²) in [5.74, 6) is 1.63. The average molecular weight is 344 g/mol. The van der Waals surface area contributed by atoms with E-state index in [9.17, 15) is 4.79 Å². The smallest absolute Gasteiger partial charge is 0.264 e. The third-order valence-electron chi connectivity index (χ3n) is 3.26. The zero-order valence-corrected chi connectivity index (χ0v) is 14.1. The van der Waals surface area contributed by atoms with Crippen molar-refractivity contribution in [2.24, 2.45) is 0 Å². The van der Waals surface area contributed by atoms with Crippen LogP contribution in [-0.2, 0) is 4.79 Å². The van der Waals surface area contributed by atoms with Gasteiger partial charge in [-0.2, -0.15) is 0 Å². The molecule has 0 aliphatic carbocycles. The molecule has 0 fully saturated rings. The lowest BCUT2D eigenvalue weighted by atomic mass is 10.3. The number of para-hydroxylation sites is 1. The van der Waals surface area contributed by atoms with Crippen LogP contribution in [0, 0.1) is 0 Å². The first-order chi connectivity index (χ1) is 11.7. The second-order valence-corrected chi connectivity index (χ2v) is 5.87. The summed E-state index contributed by atoms with van der Waals surface area (Å²) in [6.45, 7) is -0.111. The van der Waals surface area contributed by atoms with Crippen LogP contribution in [0.2, 0.25) is 0 Å². The van der Waals surface area contributed by atoms with Crippen LogP contribution in [0.5, 0.6) is 17.2 Å². The second kappa shape index (κ2) is 7.18. The lowest BCUT2D eigenvalue weighted by Crippen LogP contribution is -2.20. The highest BCUT2D eigenvalue weighted by Crippen LogP contribution is 2.32. The molecule has 0 saturated heterocycles. The van der Waals surface area contributed by atoms with Crippen molar-refractivity contribution in [1.29, 1.82) is 0 Å². The fourth-order valence-corrected chi connectivity index (χ4v) is 3.04. The maximum atomic E-state index is 12.0. The largest absolute Gasteiger partial charge is 0.497 e. The molecule has 0 unspecified atom stereocenters. The van der Waals surface area contributed by atoms with Crippen LogP contribution in [0.1, 0.15) is 0 Å². The second-order valence-electron chi connectivity index (χ2n) is 4.84. The molecule has 7 heteroatoms. The molecule has 3 aromatic rings. The maximum Gasteiger partial charge on any atom is 0.264 e. The van der Waals surface area contributed by atoms with E-state index < -0.39 is 0 Å². The molecule has 0 radical (unpaired) electrons. The summed E-state index contributed by atoms with van der Waals surface area (Å²) >= 11 is 1.38. The van der Waals surface area contributed by atoms with Crippen molar-refractivity contribution in [3.8, 4) is 17.2 Å². The molecule has 1 N–H and O–H groups in total. The van der Waals surface area contributed by atoms with Gasteiger partial charge in [0.2, 0.25) is 0 Å². The highest BCUT2D eigenvalue weighted by Gasteiger charge is 2.11. The Balaban J connectivity index is 1.64. The summed E-state index contributed by atoms with van der Waals surface area (Å²) in [6.07, 6.45) is 0. The molecule has 0 atom stereocenters. The third kappa shape index (κ3) is 3.57. The first kappa shape index (κ1) is 16.1. The van der Waals surface area contributed by atoms with E-state index in [2.05, 4.69) is 10.3 Å². The quantitative estimate of drug-likeness (QED) is 0.743. The fourth-order valence-electron chi connectivity index (χ4n) is 2.14. The number of hydrogen-bond donors (Lipinski definition) is 1. The number of nitrogens with one attached hydrogen (secondary N) is 1. The van der Waals surface area contributed by atoms with Crippen molar-refractivity contribution >= 4 is 32.6 Å². The Labute approximate surface area is 143 Å². The molecule has 124 valence electrons. The highest BCUT2D eigenvalue weighted by molar-refractivity contribution is 7.22. The number of thiazole rings is 1. The summed E-state index contributed by atoms with van der Waals surface area (Å²) in [5.41, 5.74) is 0.731. The number of benzene rings is 2. The van der Waals surface area contributed by atoms with Crippen LogP contribution in [0.15, 0.2) is 42.5 Å². The maximum absolute atomic E-state index is 12.0. The van der Waals surface area contributed by atoms with Crippen LogP contribution in [0.25, 0.3) is 10.2 Å². The van der Waals surface area contributed by atoms with E-state index in [0.717, 1.165) is 10.2 Å². The number of ether oxygens (including phenoxy) is 3. The Hall–Kier alpha value is -2.80. The molecule has 24 heavy (non-hydrogen) atoms. The van der Waals surface area contributed by atoms with Gasteiger partial charge in [-0.25, -0.2) is 4.98 Å². The Morgan fingerprint density at radius 2 is 1.92 bits per heavy atom. The third-order valence-corrected chi connectivity index (χ3v) is 4.20. The van der Waals surface area contributed by atoms with Crippen molar-refractivity contribution in [2.75, 3.05) is 26.1 Å². The van der Waals surface area contributed by atoms with Crippen molar-refractivity contribution in [2.45, 2.75) is 0 Å². The lowest BCUT2D eigenvalue weighted by Gasteiger charge is -2.07. The van der Waals surface area contributed by atoms with Crippen molar-refractivity contribution in [1.82, 2.24) is 4.98 Å². The van der Waals surface area contributed by atoms with Gasteiger partial charge < -0.3 is 14.2 Å². The molecule has 2 aromatic carbocycles. The Morgan fingerprint density at radius 1 is 1.12 bits per heavy atom. The van der Waals surface area contributed by atoms with Gasteiger partial charge in [-0.15, -0.1) is 0 Å². The van der Waals surface area contributed by atoms with Crippen molar-refractivity contribution in [3.63, 3.8) is 0 Å². The fraction of sp³-hybridized carbons (Fsp3) is 0.176. The first-order valence-corrected chi connectivity index (χ1v) is 8.01. The molecule has 6 nitrogen and oxygen atoms in total. The number of rotatable bonds is 6. The zero-order valence-electron chi connectivity index (χ0n) is 13.2. The van der Waals surface area contributed by atoms with Gasteiger partial charge in [-0.3, -0.25) is 10.1 Å². The van der Waals surface area contributed by atoms with E-state index in [4.69, 9.17) is 14.2 Å². The molecule has 1 heterocycles. The zero-order chi connectivity index (χ0) is 16.9. The van der Waals surface area contributed by atoms with Gasteiger partial charge in [0, 0.05) is 6.07 Å². The van der Waals surface area contributed by atoms with E-state index in [0.29, 0.717) is 22.4 Å². The SMILES string of the molecule is COc1cccc(OCC(=O)Nc2nc3c(OC)cccc3s2)c1. The lowest BCUT2D eigenvalue weighted by molar-refractivity contribution is -0.118. The van der Waals surface area contributed by atoms with Crippen LogP contribution in [-0.4, -0.2) is 31.7 Å². The normalized spacial score (nSPS) is 10.4. The van der Waals surface area contributed by atoms with E-state index in [1.807, 2.05) is 18.2 Å². The molecule has 0 spiro atoms. The number of fused-ring (bicyclic) bond motifs is 1. The monoisotopic (exact) mass is 344 g/mol. The van der Waals surface area contributed by atoms with Gasteiger partial charge >= 0.3 is 0 Å². The van der Waals surface area contributed by atoms with Gasteiger partial charge in [0.1, 0.15) is 22.8 Å². The van der Waals surface area contributed by atoms with E-state index in [-0.39, 0.29) is 12.5 Å². The molecule has 1 amide bonds. The number of aromatic nitrogens is 1. The average Bonchev–Trinajstić information content (AvgIpc) is 3.02. The summed E-state index contributed by atoms with van der Waals surface area (Å²) in [6, 6.07) is 12.7. The molecule has 1 aromatic heterocycles. The van der Waals surface area contributed by atoms with Gasteiger partial charge in [-0.1, -0.05) is 23.5 Å². The summed E-state index contributed by atoms with van der Waals surface area (Å²) in [4.78, 5) is 16.4. The van der Waals surface area contributed by atoms with Crippen LogP contribution >= 0.6 is 11.3 Å². The van der Waals surface area contributed by atoms with E-state index in [1.165, 1.54) is 11.3 Å². The minimum atomic E-state index is -0.282. The number of anilines is 1. The number of carbonyl (C=O) groups is 1. The minimum absolute atomic E-state index is 0.111. The van der Waals surface area contributed by atoms with Gasteiger partial charge in [0.05, 0.1) is 18.9 Å². The van der Waals surface area contributed by atoms with E-state index >= 15 is 0 Å². The van der Waals surface area contributed by atoms with Crippen molar-refractivity contribution < 1.29 is 19.0 Å². The number of carbonyl (C=O) groups excluding carboxylic acids is 1.